The van der Waals surface area contributed by atoms with Gasteiger partial charge in [-0.2, -0.15) is 0 Å². The van der Waals surface area contributed by atoms with Crippen LogP contribution in [0.4, 0.5) is 0 Å². The molecule has 1 N–H and O–H groups in total. The number of nitrogens with one attached hydrogen (secondary N) is 1. The fourth-order valence-corrected chi connectivity index (χ4v) is 2.78. The highest BCUT2D eigenvalue weighted by atomic mass is 35.5. The normalized spacial score (nSPS) is 11.8. The van der Waals surface area contributed by atoms with E-state index < -0.39 is 6.10 Å². The van der Waals surface area contributed by atoms with E-state index in [0.717, 1.165) is 27.5 Å². The minimum Gasteiger partial charge on any atom is -0.491 e. The summed E-state index contributed by atoms with van der Waals surface area (Å²) >= 11 is 6.15. The molecule has 0 unspecified atom stereocenters. The number of amides is 1. The molecule has 0 saturated carbocycles. The number of aryl methyl sites for hydroxylation is 4. The maximum absolute atomic E-state index is 12.2. The van der Waals surface area contributed by atoms with Crippen LogP contribution in [0.15, 0.2) is 30.3 Å². The second kappa shape index (κ2) is 8.95. The highest BCUT2D eigenvalue weighted by molar-refractivity contribution is 6.32. The summed E-state index contributed by atoms with van der Waals surface area (Å²) in [6.45, 7) is 10.4. The Morgan fingerprint density at radius 1 is 1.08 bits per heavy atom. The molecule has 0 spiro atoms. The van der Waals surface area contributed by atoms with Crippen LogP contribution in [0.1, 0.15) is 29.2 Å². The average molecular weight is 376 g/mol. The van der Waals surface area contributed by atoms with Crippen molar-refractivity contribution < 1.29 is 14.3 Å². The van der Waals surface area contributed by atoms with E-state index in [9.17, 15) is 4.79 Å². The molecule has 0 aromatic heterocycles. The van der Waals surface area contributed by atoms with Crippen molar-refractivity contribution in [3.05, 3.63) is 57.6 Å². The van der Waals surface area contributed by atoms with Gasteiger partial charge >= 0.3 is 0 Å². The number of benzene rings is 2. The third-order valence-electron chi connectivity index (χ3n) is 4.08. The van der Waals surface area contributed by atoms with Gasteiger partial charge in [0.2, 0.25) is 0 Å². The minimum absolute atomic E-state index is 0.181. The molecule has 2 rings (SSSR count). The van der Waals surface area contributed by atoms with Crippen molar-refractivity contribution in [2.45, 2.75) is 40.7 Å². The topological polar surface area (TPSA) is 47.6 Å². The second-order valence-electron chi connectivity index (χ2n) is 6.54. The van der Waals surface area contributed by atoms with Crippen LogP contribution in [0, 0.1) is 27.7 Å². The van der Waals surface area contributed by atoms with Crippen molar-refractivity contribution in [1.82, 2.24) is 5.32 Å². The monoisotopic (exact) mass is 375 g/mol. The zero-order valence-corrected chi connectivity index (χ0v) is 16.7. The van der Waals surface area contributed by atoms with Crippen molar-refractivity contribution in [1.29, 1.82) is 0 Å². The largest absolute Gasteiger partial charge is 0.491 e. The molecule has 0 heterocycles. The Kier molecular flexibility index (Phi) is 6.92. The van der Waals surface area contributed by atoms with Crippen LogP contribution in [0.5, 0.6) is 11.5 Å². The summed E-state index contributed by atoms with van der Waals surface area (Å²) in [5.41, 5.74) is 4.13. The van der Waals surface area contributed by atoms with Crippen LogP contribution >= 0.6 is 11.6 Å². The third-order valence-corrected chi connectivity index (χ3v) is 4.68. The highest BCUT2D eigenvalue weighted by Crippen LogP contribution is 2.26. The van der Waals surface area contributed by atoms with E-state index in [0.29, 0.717) is 18.9 Å². The van der Waals surface area contributed by atoms with Crippen molar-refractivity contribution in [3.63, 3.8) is 0 Å². The first-order chi connectivity index (χ1) is 12.3. The van der Waals surface area contributed by atoms with E-state index in [-0.39, 0.29) is 5.91 Å². The minimum atomic E-state index is -0.601. The summed E-state index contributed by atoms with van der Waals surface area (Å²) in [5.74, 6) is 1.29. The van der Waals surface area contributed by atoms with Gasteiger partial charge in [-0.3, -0.25) is 4.79 Å². The highest BCUT2D eigenvalue weighted by Gasteiger charge is 2.15. The molecule has 0 aliphatic carbocycles. The molecule has 4 nitrogen and oxygen atoms in total. The molecular formula is C21H26ClNO3. The Balaban J connectivity index is 1.80. The van der Waals surface area contributed by atoms with Crippen LogP contribution in [-0.2, 0) is 4.79 Å². The maximum atomic E-state index is 12.2. The van der Waals surface area contributed by atoms with Gasteiger partial charge in [0, 0.05) is 5.02 Å². The van der Waals surface area contributed by atoms with Crippen LogP contribution in [0.25, 0.3) is 0 Å². The Morgan fingerprint density at radius 3 is 2.35 bits per heavy atom. The molecule has 0 radical (unpaired) electrons. The first-order valence-electron chi connectivity index (χ1n) is 8.69. The van der Waals surface area contributed by atoms with Crippen molar-refractivity contribution in [3.8, 4) is 11.5 Å². The quantitative estimate of drug-likeness (QED) is 0.723. The predicted molar refractivity (Wildman–Crippen MR) is 105 cm³/mol. The summed E-state index contributed by atoms with van der Waals surface area (Å²) in [6, 6.07) is 9.70. The van der Waals surface area contributed by atoms with Crippen LogP contribution in [0.3, 0.4) is 0 Å². The molecule has 2 aromatic rings. The van der Waals surface area contributed by atoms with Crippen molar-refractivity contribution >= 4 is 17.5 Å². The molecule has 0 aliphatic heterocycles. The molecule has 0 saturated heterocycles. The third kappa shape index (κ3) is 5.40. The SMILES string of the molecule is Cc1ccc(OCCNC(=O)[C@H](C)Oc2cc(C)c(Cl)c(C)c2)c(C)c1. The summed E-state index contributed by atoms with van der Waals surface area (Å²) in [7, 11) is 0. The number of carbonyl (C=O) groups excluding carboxylic acids is 1. The molecule has 2 aromatic carbocycles. The number of halogens is 1. The molecule has 1 amide bonds. The lowest BCUT2D eigenvalue weighted by Gasteiger charge is -2.16. The molecule has 0 bridgehead atoms. The lowest BCUT2D eigenvalue weighted by molar-refractivity contribution is -0.127. The van der Waals surface area contributed by atoms with E-state index in [4.69, 9.17) is 21.1 Å². The van der Waals surface area contributed by atoms with Crippen molar-refractivity contribution in [2.75, 3.05) is 13.2 Å². The second-order valence-corrected chi connectivity index (χ2v) is 6.92. The number of rotatable bonds is 7. The first kappa shape index (κ1) is 20.1. The van der Waals surface area contributed by atoms with Gasteiger partial charge in [0.25, 0.3) is 5.91 Å². The first-order valence-corrected chi connectivity index (χ1v) is 9.07. The molecular weight excluding hydrogens is 350 g/mol. The molecule has 26 heavy (non-hydrogen) atoms. The Hall–Kier alpha value is -2.20. The summed E-state index contributed by atoms with van der Waals surface area (Å²) in [5, 5.41) is 3.55. The van der Waals surface area contributed by atoms with Crippen LogP contribution in [0.2, 0.25) is 5.02 Å². The average Bonchev–Trinajstić information content (AvgIpc) is 2.57. The van der Waals surface area contributed by atoms with E-state index in [1.165, 1.54) is 5.56 Å². The number of carbonyl (C=O) groups is 1. The number of ether oxygens (including phenoxy) is 2. The van der Waals surface area contributed by atoms with E-state index in [1.807, 2.05) is 52.0 Å². The van der Waals surface area contributed by atoms with E-state index in [1.54, 1.807) is 6.92 Å². The van der Waals surface area contributed by atoms with Gasteiger partial charge in [-0.05, 0) is 69.5 Å². The van der Waals surface area contributed by atoms with Crippen LogP contribution < -0.4 is 14.8 Å². The number of hydrogen-bond acceptors (Lipinski definition) is 3. The van der Waals surface area contributed by atoms with Gasteiger partial charge in [0.15, 0.2) is 6.10 Å². The van der Waals surface area contributed by atoms with Crippen LogP contribution in [-0.4, -0.2) is 25.2 Å². The molecule has 140 valence electrons. The van der Waals surface area contributed by atoms with Gasteiger partial charge < -0.3 is 14.8 Å². The lowest BCUT2D eigenvalue weighted by atomic mass is 10.1. The summed E-state index contributed by atoms with van der Waals surface area (Å²) in [4.78, 5) is 12.2. The Morgan fingerprint density at radius 2 is 1.73 bits per heavy atom. The van der Waals surface area contributed by atoms with E-state index >= 15 is 0 Å². The van der Waals surface area contributed by atoms with Gasteiger partial charge in [-0.1, -0.05) is 29.3 Å². The predicted octanol–water partition coefficient (Wildman–Crippen LogP) is 4.54. The summed E-state index contributed by atoms with van der Waals surface area (Å²) in [6.07, 6.45) is -0.601. The maximum Gasteiger partial charge on any atom is 0.260 e. The summed E-state index contributed by atoms with van der Waals surface area (Å²) < 4.78 is 11.4. The Labute approximate surface area is 160 Å². The fourth-order valence-electron chi connectivity index (χ4n) is 2.67. The van der Waals surface area contributed by atoms with Crippen molar-refractivity contribution in [2.24, 2.45) is 0 Å². The standard InChI is InChI=1S/C21H26ClNO3/c1-13-6-7-19(14(2)10-13)25-9-8-23-21(24)17(5)26-18-11-15(3)20(22)16(4)12-18/h6-7,10-12,17H,8-9H2,1-5H3,(H,23,24)/t17-/m0/s1. The van der Waals surface area contributed by atoms with Gasteiger partial charge in [-0.25, -0.2) is 0 Å². The molecule has 5 heteroatoms. The van der Waals surface area contributed by atoms with Gasteiger partial charge in [-0.15, -0.1) is 0 Å². The molecule has 1 atom stereocenters. The number of hydrogen-bond donors (Lipinski definition) is 1. The zero-order chi connectivity index (χ0) is 19.3. The van der Waals surface area contributed by atoms with E-state index in [2.05, 4.69) is 11.4 Å². The zero-order valence-electron chi connectivity index (χ0n) is 16.0. The Bertz CT molecular complexity index is 766. The smallest absolute Gasteiger partial charge is 0.260 e. The molecule has 0 fully saturated rings. The lowest BCUT2D eigenvalue weighted by Crippen LogP contribution is -2.38. The van der Waals surface area contributed by atoms with Gasteiger partial charge in [0.05, 0.1) is 6.54 Å². The van der Waals surface area contributed by atoms with Gasteiger partial charge in [0.1, 0.15) is 18.1 Å². The fraction of sp³-hybridized carbons (Fsp3) is 0.381. The molecule has 0 aliphatic rings.